The maximum Gasteiger partial charge on any atom is 0.338 e. The summed E-state index contributed by atoms with van der Waals surface area (Å²) in [5.41, 5.74) is 1.96. The SMILES string of the molecule is CCOC(=O)c1ccc(NC(=Nc2ccc(F)cc2)n2sc(C)cc2=N)cc1. The summed E-state index contributed by atoms with van der Waals surface area (Å²) >= 11 is 1.37. The van der Waals surface area contributed by atoms with Gasteiger partial charge in [0.25, 0.3) is 0 Å². The number of aryl methyl sites for hydroxylation is 1. The van der Waals surface area contributed by atoms with Gasteiger partial charge in [-0.1, -0.05) is 11.5 Å². The van der Waals surface area contributed by atoms with Gasteiger partial charge >= 0.3 is 5.97 Å². The van der Waals surface area contributed by atoms with Crippen molar-refractivity contribution in [2.75, 3.05) is 11.9 Å². The molecule has 6 nitrogen and oxygen atoms in total. The number of esters is 1. The first kappa shape index (κ1) is 19.5. The molecule has 28 heavy (non-hydrogen) atoms. The fourth-order valence-corrected chi connectivity index (χ4v) is 3.20. The molecule has 0 aliphatic carbocycles. The van der Waals surface area contributed by atoms with Gasteiger partial charge in [0, 0.05) is 10.6 Å². The molecule has 0 atom stereocenters. The van der Waals surface area contributed by atoms with Crippen LogP contribution in [-0.2, 0) is 4.74 Å². The number of aromatic nitrogens is 1. The first-order chi connectivity index (χ1) is 13.5. The molecular weight excluding hydrogens is 379 g/mol. The lowest BCUT2D eigenvalue weighted by Crippen LogP contribution is -2.28. The van der Waals surface area contributed by atoms with Gasteiger partial charge in [-0.2, -0.15) is 0 Å². The Kier molecular flexibility index (Phi) is 6.00. The monoisotopic (exact) mass is 398 g/mol. The van der Waals surface area contributed by atoms with Crippen LogP contribution in [0.3, 0.4) is 0 Å². The molecule has 0 saturated heterocycles. The molecule has 0 aliphatic rings. The van der Waals surface area contributed by atoms with Crippen LogP contribution in [0.5, 0.6) is 0 Å². The van der Waals surface area contributed by atoms with Crippen molar-refractivity contribution in [3.05, 3.63) is 76.3 Å². The van der Waals surface area contributed by atoms with Crippen molar-refractivity contribution in [2.45, 2.75) is 13.8 Å². The second kappa shape index (κ2) is 8.62. The molecule has 1 aromatic heterocycles. The highest BCUT2D eigenvalue weighted by molar-refractivity contribution is 7.07. The maximum atomic E-state index is 13.2. The standard InChI is InChI=1S/C20H19FN4O2S/c1-3-27-19(26)14-4-8-16(9-5-14)23-20(25-18(22)12-13(2)28-25)24-17-10-6-15(21)7-11-17/h4-12,22H,3H2,1-2H3,(H,23,24). The number of hydrogen-bond donors (Lipinski definition) is 2. The normalized spacial score (nSPS) is 11.3. The zero-order valence-corrected chi connectivity index (χ0v) is 16.2. The van der Waals surface area contributed by atoms with Crippen molar-refractivity contribution in [1.29, 1.82) is 5.41 Å². The third-order valence-corrected chi connectivity index (χ3v) is 4.66. The first-order valence-corrected chi connectivity index (χ1v) is 9.37. The number of hydrogen-bond acceptors (Lipinski definition) is 5. The van der Waals surface area contributed by atoms with Crippen molar-refractivity contribution >= 4 is 34.8 Å². The number of nitrogens with one attached hydrogen (secondary N) is 2. The summed E-state index contributed by atoms with van der Waals surface area (Å²) in [6.07, 6.45) is 0. The number of rotatable bonds is 4. The van der Waals surface area contributed by atoms with Gasteiger partial charge in [-0.25, -0.2) is 18.1 Å². The number of benzene rings is 2. The highest BCUT2D eigenvalue weighted by Gasteiger charge is 2.10. The van der Waals surface area contributed by atoms with Crippen molar-refractivity contribution in [2.24, 2.45) is 4.99 Å². The molecule has 0 bridgehead atoms. The van der Waals surface area contributed by atoms with E-state index in [0.29, 0.717) is 29.5 Å². The lowest BCUT2D eigenvalue weighted by atomic mass is 10.2. The third-order valence-electron chi connectivity index (χ3n) is 3.70. The van der Waals surface area contributed by atoms with E-state index in [1.807, 2.05) is 6.92 Å². The Morgan fingerprint density at radius 2 is 1.89 bits per heavy atom. The van der Waals surface area contributed by atoms with Crippen LogP contribution in [0.2, 0.25) is 0 Å². The van der Waals surface area contributed by atoms with E-state index in [2.05, 4.69) is 10.3 Å². The lowest BCUT2D eigenvalue weighted by Gasteiger charge is -2.11. The number of carbonyl (C=O) groups excluding carboxylic acids is 1. The molecule has 2 aromatic carbocycles. The Morgan fingerprint density at radius 1 is 1.21 bits per heavy atom. The molecule has 144 valence electrons. The highest BCUT2D eigenvalue weighted by atomic mass is 32.1. The zero-order chi connectivity index (χ0) is 20.1. The van der Waals surface area contributed by atoms with Crippen LogP contribution in [0.1, 0.15) is 22.2 Å². The summed E-state index contributed by atoms with van der Waals surface area (Å²) in [5.74, 6) is -0.326. The van der Waals surface area contributed by atoms with Crippen LogP contribution in [0.15, 0.2) is 59.6 Å². The van der Waals surface area contributed by atoms with Gasteiger partial charge in [0.05, 0.1) is 17.9 Å². The van der Waals surface area contributed by atoms with E-state index in [0.717, 1.165) is 4.88 Å². The molecule has 0 radical (unpaired) electrons. The number of nitrogens with zero attached hydrogens (tertiary/aromatic N) is 2. The van der Waals surface area contributed by atoms with E-state index in [-0.39, 0.29) is 17.3 Å². The second-order valence-electron chi connectivity index (χ2n) is 5.86. The second-order valence-corrected chi connectivity index (χ2v) is 7.05. The van der Waals surface area contributed by atoms with E-state index in [9.17, 15) is 9.18 Å². The topological polar surface area (TPSA) is 79.5 Å². The van der Waals surface area contributed by atoms with Gasteiger partial charge in [-0.3, -0.25) is 5.41 Å². The quantitative estimate of drug-likeness (QED) is 0.391. The molecule has 3 rings (SSSR count). The van der Waals surface area contributed by atoms with Gasteiger partial charge in [-0.15, -0.1) is 0 Å². The van der Waals surface area contributed by atoms with Crippen LogP contribution >= 0.6 is 11.5 Å². The number of carbonyl (C=O) groups is 1. The van der Waals surface area contributed by atoms with Gasteiger partial charge in [-0.05, 0) is 68.4 Å². The average molecular weight is 398 g/mol. The molecule has 3 aromatic rings. The molecule has 0 unspecified atom stereocenters. The van der Waals surface area contributed by atoms with Crippen molar-refractivity contribution in [3.63, 3.8) is 0 Å². The molecule has 0 spiro atoms. The molecule has 8 heteroatoms. The minimum atomic E-state index is -0.383. The fraction of sp³-hybridized carbons (Fsp3) is 0.150. The number of halogens is 1. The molecule has 0 aliphatic heterocycles. The Labute approximate surface area is 165 Å². The molecular formula is C20H19FN4O2S. The molecule has 1 heterocycles. The Morgan fingerprint density at radius 3 is 2.46 bits per heavy atom. The van der Waals surface area contributed by atoms with Gasteiger partial charge in [0.15, 0.2) is 0 Å². The summed E-state index contributed by atoms with van der Waals surface area (Å²) in [6.45, 7) is 3.97. The lowest BCUT2D eigenvalue weighted by molar-refractivity contribution is 0.0526. The third kappa shape index (κ3) is 4.72. The Bertz CT molecular complexity index is 1050. The summed E-state index contributed by atoms with van der Waals surface area (Å²) in [6, 6.07) is 14.3. The minimum absolute atomic E-state index is 0.277. The predicted molar refractivity (Wildman–Crippen MR) is 108 cm³/mol. The Hall–Kier alpha value is -3.26. The van der Waals surface area contributed by atoms with Crippen LogP contribution < -0.4 is 10.8 Å². The molecule has 0 saturated carbocycles. The highest BCUT2D eigenvalue weighted by Crippen LogP contribution is 2.16. The average Bonchev–Trinajstić information content (AvgIpc) is 3.02. The minimum Gasteiger partial charge on any atom is -0.462 e. The van der Waals surface area contributed by atoms with Gasteiger partial charge in [0.1, 0.15) is 11.3 Å². The largest absolute Gasteiger partial charge is 0.462 e. The molecule has 2 N–H and O–H groups in total. The van der Waals surface area contributed by atoms with E-state index in [1.165, 1.54) is 23.7 Å². The molecule has 0 fully saturated rings. The maximum absolute atomic E-state index is 13.2. The fourth-order valence-electron chi connectivity index (χ4n) is 2.42. The van der Waals surface area contributed by atoms with Crippen LogP contribution in [0, 0.1) is 18.2 Å². The van der Waals surface area contributed by atoms with Crippen molar-refractivity contribution in [1.82, 2.24) is 3.96 Å². The number of aliphatic imine (C=N–C) groups is 1. The van der Waals surface area contributed by atoms with Gasteiger partial charge in [0.2, 0.25) is 5.96 Å². The van der Waals surface area contributed by atoms with E-state index >= 15 is 0 Å². The summed E-state index contributed by atoms with van der Waals surface area (Å²) in [5, 5.41) is 11.3. The summed E-state index contributed by atoms with van der Waals surface area (Å²) in [4.78, 5) is 17.3. The smallest absolute Gasteiger partial charge is 0.338 e. The number of ether oxygens (including phenoxy) is 1. The zero-order valence-electron chi connectivity index (χ0n) is 15.4. The molecule has 0 amide bonds. The summed E-state index contributed by atoms with van der Waals surface area (Å²) in [7, 11) is 0. The summed E-state index contributed by atoms with van der Waals surface area (Å²) < 4.78 is 19.8. The first-order valence-electron chi connectivity index (χ1n) is 8.59. The van der Waals surface area contributed by atoms with Crippen LogP contribution in [0.25, 0.3) is 0 Å². The van der Waals surface area contributed by atoms with E-state index in [1.54, 1.807) is 53.3 Å². The van der Waals surface area contributed by atoms with Crippen molar-refractivity contribution < 1.29 is 13.9 Å². The van der Waals surface area contributed by atoms with Crippen LogP contribution in [-0.4, -0.2) is 22.5 Å². The Balaban J connectivity index is 1.93. The van der Waals surface area contributed by atoms with Crippen LogP contribution in [0.4, 0.5) is 15.8 Å². The van der Waals surface area contributed by atoms with E-state index < -0.39 is 0 Å². The predicted octanol–water partition coefficient (Wildman–Crippen LogP) is 4.30. The van der Waals surface area contributed by atoms with Crippen molar-refractivity contribution in [3.8, 4) is 0 Å². The van der Waals surface area contributed by atoms with Gasteiger partial charge < -0.3 is 10.1 Å². The number of anilines is 1. The van der Waals surface area contributed by atoms with E-state index in [4.69, 9.17) is 10.1 Å².